The Balaban J connectivity index is 2.33. The molecule has 0 aromatic heterocycles. The first-order valence-corrected chi connectivity index (χ1v) is 8.47. The van der Waals surface area contributed by atoms with Crippen LogP contribution in [-0.2, 0) is 20.6 Å². The van der Waals surface area contributed by atoms with Crippen LogP contribution < -0.4 is 5.73 Å². The maximum absolute atomic E-state index is 12.3. The van der Waals surface area contributed by atoms with Crippen molar-refractivity contribution in [3.05, 3.63) is 23.2 Å². The van der Waals surface area contributed by atoms with Gasteiger partial charge in [-0.1, -0.05) is 17.7 Å². The SMILES string of the molecule is Nc1cccc(Cl)c1S(=O)C1CCS(=O)(=O)C1. The van der Waals surface area contributed by atoms with E-state index in [1.54, 1.807) is 18.2 Å². The quantitative estimate of drug-likeness (QED) is 0.832. The molecule has 17 heavy (non-hydrogen) atoms. The fraction of sp³-hybridized carbons (Fsp3) is 0.400. The summed E-state index contributed by atoms with van der Waals surface area (Å²) in [6, 6.07) is 4.89. The number of nitrogen functional groups attached to an aromatic ring is 1. The van der Waals surface area contributed by atoms with Crippen molar-refractivity contribution in [3.8, 4) is 0 Å². The number of nitrogens with two attached hydrogens (primary N) is 1. The molecule has 1 aliphatic rings. The average molecular weight is 294 g/mol. The van der Waals surface area contributed by atoms with Gasteiger partial charge in [-0.3, -0.25) is 4.21 Å². The molecule has 2 N–H and O–H groups in total. The molecule has 0 saturated carbocycles. The van der Waals surface area contributed by atoms with Crippen LogP contribution in [0.4, 0.5) is 5.69 Å². The van der Waals surface area contributed by atoms with Crippen molar-refractivity contribution in [2.24, 2.45) is 0 Å². The third kappa shape index (κ3) is 2.64. The number of rotatable bonds is 2. The molecule has 0 bridgehead atoms. The number of hydrogen-bond donors (Lipinski definition) is 1. The van der Waals surface area contributed by atoms with Crippen LogP contribution in [0.25, 0.3) is 0 Å². The number of halogens is 1. The molecular formula is C10H12ClNO3S2. The molecule has 0 aliphatic carbocycles. The molecule has 1 aromatic rings. The van der Waals surface area contributed by atoms with Gasteiger partial charge in [0.1, 0.15) is 0 Å². The van der Waals surface area contributed by atoms with Crippen molar-refractivity contribution >= 4 is 37.9 Å². The molecule has 1 fully saturated rings. The van der Waals surface area contributed by atoms with Gasteiger partial charge in [0.2, 0.25) is 0 Å². The van der Waals surface area contributed by atoms with Crippen LogP contribution in [0.15, 0.2) is 23.1 Å². The topological polar surface area (TPSA) is 77.2 Å². The van der Waals surface area contributed by atoms with E-state index in [0.29, 0.717) is 22.0 Å². The summed E-state index contributed by atoms with van der Waals surface area (Å²) in [7, 11) is -4.52. The van der Waals surface area contributed by atoms with Crippen molar-refractivity contribution < 1.29 is 12.6 Å². The van der Waals surface area contributed by atoms with Crippen LogP contribution in [0.5, 0.6) is 0 Å². The van der Waals surface area contributed by atoms with Gasteiger partial charge >= 0.3 is 0 Å². The number of sulfone groups is 1. The lowest BCUT2D eigenvalue weighted by atomic mass is 10.3. The molecule has 1 heterocycles. The molecule has 1 aliphatic heterocycles. The van der Waals surface area contributed by atoms with Gasteiger partial charge in [-0.05, 0) is 18.6 Å². The average Bonchev–Trinajstić information content (AvgIpc) is 2.58. The van der Waals surface area contributed by atoms with Gasteiger partial charge in [-0.2, -0.15) is 0 Å². The summed E-state index contributed by atoms with van der Waals surface area (Å²) in [6.45, 7) is 0. The van der Waals surface area contributed by atoms with Gasteiger partial charge in [0, 0.05) is 5.69 Å². The van der Waals surface area contributed by atoms with Crippen LogP contribution >= 0.6 is 11.6 Å². The van der Waals surface area contributed by atoms with E-state index >= 15 is 0 Å². The Labute approximate surface area is 108 Å². The molecule has 1 aromatic carbocycles. The van der Waals surface area contributed by atoms with E-state index < -0.39 is 25.9 Å². The Morgan fingerprint density at radius 1 is 1.41 bits per heavy atom. The van der Waals surface area contributed by atoms with Crippen molar-refractivity contribution in [1.82, 2.24) is 0 Å². The third-order valence-electron chi connectivity index (χ3n) is 2.69. The highest BCUT2D eigenvalue weighted by atomic mass is 35.5. The van der Waals surface area contributed by atoms with E-state index in [-0.39, 0.29) is 11.5 Å². The molecule has 0 amide bonds. The normalized spacial score (nSPS) is 24.6. The summed E-state index contributed by atoms with van der Waals surface area (Å²) in [5, 5.41) is -0.0742. The second-order valence-electron chi connectivity index (χ2n) is 3.98. The van der Waals surface area contributed by atoms with Crippen molar-refractivity contribution in [1.29, 1.82) is 0 Å². The Hall–Kier alpha value is -0.590. The molecule has 2 unspecified atom stereocenters. The minimum atomic E-state index is -3.05. The Kier molecular flexibility index (Phi) is 3.47. The van der Waals surface area contributed by atoms with Crippen LogP contribution in [0.3, 0.4) is 0 Å². The van der Waals surface area contributed by atoms with Gasteiger partial charge in [0.15, 0.2) is 9.84 Å². The molecule has 0 spiro atoms. The van der Waals surface area contributed by atoms with Gasteiger partial charge in [-0.15, -0.1) is 0 Å². The maximum Gasteiger partial charge on any atom is 0.151 e. The van der Waals surface area contributed by atoms with Gasteiger partial charge in [-0.25, -0.2) is 8.42 Å². The highest BCUT2D eigenvalue weighted by Gasteiger charge is 2.34. The van der Waals surface area contributed by atoms with E-state index in [4.69, 9.17) is 17.3 Å². The van der Waals surface area contributed by atoms with E-state index in [9.17, 15) is 12.6 Å². The predicted molar refractivity (Wildman–Crippen MR) is 69.3 cm³/mol. The third-order valence-corrected chi connectivity index (χ3v) is 6.96. The van der Waals surface area contributed by atoms with Gasteiger partial charge in [0.05, 0.1) is 37.5 Å². The molecule has 2 atom stereocenters. The standard InChI is InChI=1S/C10H12ClNO3S2/c11-8-2-1-3-9(12)10(8)16(13)7-4-5-17(14,15)6-7/h1-3,7H,4-6,12H2. The zero-order valence-corrected chi connectivity index (χ0v) is 11.3. The molecule has 4 nitrogen and oxygen atoms in total. The summed E-state index contributed by atoms with van der Waals surface area (Å²) < 4.78 is 35.0. The summed E-state index contributed by atoms with van der Waals surface area (Å²) in [4.78, 5) is 0.358. The zero-order valence-electron chi connectivity index (χ0n) is 8.93. The Morgan fingerprint density at radius 2 is 2.12 bits per heavy atom. The van der Waals surface area contributed by atoms with Crippen LogP contribution in [0, 0.1) is 0 Å². The van der Waals surface area contributed by atoms with Crippen LogP contribution in [0.1, 0.15) is 6.42 Å². The summed E-state index contributed by atoms with van der Waals surface area (Å²) in [6.07, 6.45) is 0.402. The summed E-state index contributed by atoms with van der Waals surface area (Å²) in [5.74, 6) is 0.0397. The fourth-order valence-corrected chi connectivity index (χ4v) is 6.28. The van der Waals surface area contributed by atoms with Crippen molar-refractivity contribution in [3.63, 3.8) is 0 Å². The lowest BCUT2D eigenvalue weighted by Gasteiger charge is -2.11. The van der Waals surface area contributed by atoms with Gasteiger partial charge in [0.25, 0.3) is 0 Å². The second-order valence-corrected chi connectivity index (χ2v) is 8.29. The smallest absolute Gasteiger partial charge is 0.151 e. The van der Waals surface area contributed by atoms with Crippen molar-refractivity contribution in [2.75, 3.05) is 17.2 Å². The van der Waals surface area contributed by atoms with E-state index in [1.165, 1.54) is 0 Å². The fourth-order valence-electron chi connectivity index (χ4n) is 1.83. The lowest BCUT2D eigenvalue weighted by molar-refractivity contribution is 0.602. The van der Waals surface area contributed by atoms with Gasteiger partial charge < -0.3 is 5.73 Å². The Morgan fingerprint density at radius 3 is 2.65 bits per heavy atom. The number of benzene rings is 1. The first kappa shape index (κ1) is 12.9. The highest BCUT2D eigenvalue weighted by molar-refractivity contribution is 7.94. The maximum atomic E-state index is 12.3. The predicted octanol–water partition coefficient (Wildman–Crippen LogP) is 1.22. The second kappa shape index (κ2) is 4.59. The molecule has 7 heteroatoms. The summed E-state index contributed by atoms with van der Waals surface area (Å²) in [5.41, 5.74) is 6.08. The first-order valence-electron chi connectivity index (χ1n) is 5.06. The monoisotopic (exact) mass is 293 g/mol. The summed E-state index contributed by atoms with van der Waals surface area (Å²) >= 11 is 5.95. The molecule has 1 saturated heterocycles. The minimum Gasteiger partial charge on any atom is -0.398 e. The number of hydrogen-bond acceptors (Lipinski definition) is 4. The molecule has 0 radical (unpaired) electrons. The van der Waals surface area contributed by atoms with E-state index in [1.807, 2.05) is 0 Å². The lowest BCUT2D eigenvalue weighted by Crippen LogP contribution is -2.18. The minimum absolute atomic E-state index is 0.0513. The molecule has 94 valence electrons. The van der Waals surface area contributed by atoms with Crippen LogP contribution in [0.2, 0.25) is 5.02 Å². The number of anilines is 1. The van der Waals surface area contributed by atoms with Crippen LogP contribution in [-0.4, -0.2) is 29.4 Å². The van der Waals surface area contributed by atoms with E-state index in [2.05, 4.69) is 0 Å². The molecule has 2 rings (SSSR count). The molecular weight excluding hydrogens is 282 g/mol. The highest BCUT2D eigenvalue weighted by Crippen LogP contribution is 2.30. The van der Waals surface area contributed by atoms with E-state index in [0.717, 1.165) is 0 Å². The van der Waals surface area contributed by atoms with Crippen molar-refractivity contribution in [2.45, 2.75) is 16.6 Å². The zero-order chi connectivity index (χ0) is 12.6. The largest absolute Gasteiger partial charge is 0.398 e. The Bertz CT molecular complexity index is 551. The first-order chi connectivity index (χ1) is 7.91.